The van der Waals surface area contributed by atoms with E-state index < -0.39 is 21.9 Å². The largest absolute Gasteiger partial charge is 0.341 e. The van der Waals surface area contributed by atoms with Gasteiger partial charge >= 0.3 is 0 Å². The lowest BCUT2D eigenvalue weighted by Crippen LogP contribution is -2.50. The second-order valence-corrected chi connectivity index (χ2v) is 6.83. The van der Waals surface area contributed by atoms with Gasteiger partial charge in [-0.25, -0.2) is 12.8 Å². The first-order valence-corrected chi connectivity index (χ1v) is 9.14. The van der Waals surface area contributed by atoms with Gasteiger partial charge in [-0.3, -0.25) is 9.10 Å². The summed E-state index contributed by atoms with van der Waals surface area (Å²) in [6, 6.07) is 4.27. The molecule has 0 N–H and O–H groups in total. The van der Waals surface area contributed by atoms with Crippen LogP contribution in [-0.2, 0) is 14.8 Å². The van der Waals surface area contributed by atoms with Gasteiger partial charge in [-0.15, -0.1) is 0 Å². The van der Waals surface area contributed by atoms with Crippen LogP contribution in [0.4, 0.5) is 10.1 Å². The van der Waals surface area contributed by atoms with Crippen molar-refractivity contribution < 1.29 is 17.6 Å². The molecule has 0 aliphatic rings. The van der Waals surface area contributed by atoms with Gasteiger partial charge < -0.3 is 4.90 Å². The molecule has 0 bridgehead atoms. The van der Waals surface area contributed by atoms with E-state index in [1.54, 1.807) is 11.8 Å². The molecule has 0 aliphatic carbocycles. The molecule has 0 fully saturated rings. The van der Waals surface area contributed by atoms with Crippen molar-refractivity contribution in [3.8, 4) is 0 Å². The zero-order chi connectivity index (χ0) is 16.9. The molecule has 5 nitrogen and oxygen atoms in total. The minimum atomic E-state index is -3.67. The number of likely N-dealkylation sites (N-methyl/N-ethyl adjacent to an activating group) is 1. The Morgan fingerprint density at radius 1 is 1.14 bits per heavy atom. The van der Waals surface area contributed by atoms with Crippen molar-refractivity contribution in [1.82, 2.24) is 4.90 Å². The fraction of sp³-hybridized carbons (Fsp3) is 0.533. The summed E-state index contributed by atoms with van der Waals surface area (Å²) in [7, 11) is -3.67. The second kappa shape index (κ2) is 7.58. The maximum absolute atomic E-state index is 13.1. The molecule has 22 heavy (non-hydrogen) atoms. The third kappa shape index (κ3) is 4.19. The first-order chi connectivity index (χ1) is 10.3. The van der Waals surface area contributed by atoms with Crippen LogP contribution in [0.15, 0.2) is 24.3 Å². The first kappa shape index (κ1) is 18.4. The molecule has 0 spiro atoms. The summed E-state index contributed by atoms with van der Waals surface area (Å²) in [6.07, 6.45) is 1.38. The molecule has 1 aromatic carbocycles. The lowest BCUT2D eigenvalue weighted by Gasteiger charge is -2.33. The summed E-state index contributed by atoms with van der Waals surface area (Å²) >= 11 is 0. The summed E-state index contributed by atoms with van der Waals surface area (Å²) in [5.41, 5.74) is 0.288. The molecule has 0 unspecified atom stereocenters. The summed E-state index contributed by atoms with van der Waals surface area (Å²) in [5, 5.41) is 0. The van der Waals surface area contributed by atoms with E-state index in [9.17, 15) is 17.6 Å². The second-order valence-electron chi connectivity index (χ2n) is 4.97. The molecule has 1 aromatic rings. The molecular formula is C15H23FN2O3S. The number of rotatable bonds is 7. The highest BCUT2D eigenvalue weighted by molar-refractivity contribution is 7.92. The highest BCUT2D eigenvalue weighted by atomic mass is 32.2. The van der Waals surface area contributed by atoms with Gasteiger partial charge in [-0.1, -0.05) is 6.92 Å². The number of nitrogens with zero attached hydrogens (tertiary/aromatic N) is 2. The number of anilines is 1. The van der Waals surface area contributed by atoms with Gasteiger partial charge in [0.15, 0.2) is 0 Å². The van der Waals surface area contributed by atoms with E-state index in [2.05, 4.69) is 0 Å². The number of carbonyl (C=O) groups excluding carboxylic acids is 1. The van der Waals surface area contributed by atoms with E-state index in [0.29, 0.717) is 19.5 Å². The summed E-state index contributed by atoms with van der Waals surface area (Å²) in [6.45, 7) is 6.46. The molecule has 1 amide bonds. The monoisotopic (exact) mass is 330 g/mol. The number of amides is 1. The van der Waals surface area contributed by atoms with E-state index in [1.807, 2.05) is 13.8 Å². The zero-order valence-electron chi connectivity index (χ0n) is 13.4. The van der Waals surface area contributed by atoms with Crippen molar-refractivity contribution in [2.45, 2.75) is 33.2 Å². The van der Waals surface area contributed by atoms with Crippen LogP contribution in [0, 0.1) is 5.82 Å². The normalized spacial score (nSPS) is 12.8. The number of sulfonamides is 1. The topological polar surface area (TPSA) is 57.7 Å². The number of hydrogen-bond donors (Lipinski definition) is 0. The quantitative estimate of drug-likeness (QED) is 0.770. The predicted octanol–water partition coefficient (Wildman–Crippen LogP) is 2.24. The van der Waals surface area contributed by atoms with Crippen molar-refractivity contribution in [2.24, 2.45) is 0 Å². The van der Waals surface area contributed by atoms with Crippen LogP contribution in [0.5, 0.6) is 0 Å². The van der Waals surface area contributed by atoms with Crippen LogP contribution in [-0.4, -0.2) is 44.6 Å². The lowest BCUT2D eigenvalue weighted by molar-refractivity contribution is -0.132. The van der Waals surface area contributed by atoms with Gasteiger partial charge in [0.1, 0.15) is 11.9 Å². The van der Waals surface area contributed by atoms with Crippen molar-refractivity contribution in [2.75, 3.05) is 23.7 Å². The molecule has 0 saturated carbocycles. The Balaban J connectivity index is 3.31. The summed E-state index contributed by atoms with van der Waals surface area (Å²) < 4.78 is 38.5. The minimum Gasteiger partial charge on any atom is -0.341 e. The molecule has 0 aliphatic heterocycles. The smallest absolute Gasteiger partial charge is 0.246 e. The van der Waals surface area contributed by atoms with Gasteiger partial charge in [0.2, 0.25) is 15.9 Å². The van der Waals surface area contributed by atoms with Crippen LogP contribution in [0.2, 0.25) is 0 Å². The van der Waals surface area contributed by atoms with Crippen molar-refractivity contribution in [3.63, 3.8) is 0 Å². The fourth-order valence-electron chi connectivity index (χ4n) is 2.38. The fourth-order valence-corrected chi connectivity index (χ4v) is 3.58. The molecular weight excluding hydrogens is 307 g/mol. The summed E-state index contributed by atoms with van der Waals surface area (Å²) in [4.78, 5) is 14.2. The van der Waals surface area contributed by atoms with Gasteiger partial charge in [0.05, 0.1) is 11.9 Å². The molecule has 0 heterocycles. The van der Waals surface area contributed by atoms with E-state index in [4.69, 9.17) is 0 Å². The Bertz CT molecular complexity index is 598. The van der Waals surface area contributed by atoms with Crippen molar-refractivity contribution >= 4 is 21.6 Å². The van der Waals surface area contributed by atoms with Crippen molar-refractivity contribution in [1.29, 1.82) is 0 Å². The molecule has 0 aromatic heterocycles. The van der Waals surface area contributed by atoms with Gasteiger partial charge in [0, 0.05) is 13.1 Å². The summed E-state index contributed by atoms with van der Waals surface area (Å²) in [5.74, 6) is -0.706. The first-order valence-electron chi connectivity index (χ1n) is 7.29. The minimum absolute atomic E-state index is 0.248. The number of halogens is 1. The Hall–Kier alpha value is -1.63. The predicted molar refractivity (Wildman–Crippen MR) is 85.7 cm³/mol. The maximum Gasteiger partial charge on any atom is 0.246 e. The van der Waals surface area contributed by atoms with Crippen LogP contribution in [0.25, 0.3) is 0 Å². The number of carbonyl (C=O) groups is 1. The van der Waals surface area contributed by atoms with E-state index in [1.165, 1.54) is 24.3 Å². The van der Waals surface area contributed by atoms with Crippen LogP contribution >= 0.6 is 0 Å². The average molecular weight is 330 g/mol. The Kier molecular flexibility index (Phi) is 6.34. The van der Waals surface area contributed by atoms with Crippen LogP contribution < -0.4 is 4.31 Å². The Morgan fingerprint density at radius 2 is 1.64 bits per heavy atom. The van der Waals surface area contributed by atoms with Crippen LogP contribution in [0.1, 0.15) is 27.2 Å². The van der Waals surface area contributed by atoms with Crippen molar-refractivity contribution in [3.05, 3.63) is 30.1 Å². The van der Waals surface area contributed by atoms with Crippen LogP contribution in [0.3, 0.4) is 0 Å². The van der Waals surface area contributed by atoms with E-state index >= 15 is 0 Å². The number of hydrogen-bond acceptors (Lipinski definition) is 3. The maximum atomic E-state index is 13.1. The average Bonchev–Trinajstić information content (AvgIpc) is 2.45. The Labute approximate surface area is 131 Å². The highest BCUT2D eigenvalue weighted by Crippen LogP contribution is 2.23. The lowest BCUT2D eigenvalue weighted by atomic mass is 10.1. The molecule has 0 radical (unpaired) electrons. The van der Waals surface area contributed by atoms with Gasteiger partial charge in [0.25, 0.3) is 0 Å². The SMILES string of the molecule is CC[C@H](C(=O)N(CC)CC)N(c1ccc(F)cc1)S(C)(=O)=O. The molecule has 1 atom stereocenters. The third-order valence-electron chi connectivity index (χ3n) is 3.47. The molecule has 1 rings (SSSR count). The standard InChI is InChI=1S/C15H23FN2O3S/c1-5-14(15(19)17(6-2)7-3)18(22(4,20)21)13-10-8-12(16)9-11-13/h8-11,14H,5-7H2,1-4H3/t14-/m1/s1. The highest BCUT2D eigenvalue weighted by Gasteiger charge is 2.33. The molecule has 7 heteroatoms. The van der Waals surface area contributed by atoms with Gasteiger partial charge in [-0.05, 0) is 44.5 Å². The van der Waals surface area contributed by atoms with Gasteiger partial charge in [-0.2, -0.15) is 0 Å². The molecule has 124 valence electrons. The Morgan fingerprint density at radius 3 is 2.00 bits per heavy atom. The molecule has 0 saturated heterocycles. The third-order valence-corrected chi connectivity index (χ3v) is 4.65. The van der Waals surface area contributed by atoms with E-state index in [0.717, 1.165) is 10.6 Å². The zero-order valence-corrected chi connectivity index (χ0v) is 14.2. The van der Waals surface area contributed by atoms with E-state index in [-0.39, 0.29) is 11.6 Å². The number of benzene rings is 1.